The van der Waals surface area contributed by atoms with Crippen molar-refractivity contribution in [2.75, 3.05) is 6.54 Å². The summed E-state index contributed by atoms with van der Waals surface area (Å²) in [5, 5.41) is 3.86. The molecule has 2 aliphatic carbocycles. The van der Waals surface area contributed by atoms with Crippen molar-refractivity contribution in [3.8, 4) is 0 Å². The van der Waals surface area contributed by atoms with E-state index in [1.165, 1.54) is 57.9 Å². The molecule has 2 rings (SSSR count). The molecule has 1 nitrogen and oxygen atoms in total. The van der Waals surface area contributed by atoms with E-state index in [-0.39, 0.29) is 0 Å². The fourth-order valence-corrected chi connectivity index (χ4v) is 3.67. The van der Waals surface area contributed by atoms with Crippen LogP contribution in [0.5, 0.6) is 0 Å². The minimum atomic E-state index is 0.576. The molecule has 1 atom stereocenters. The monoisotopic (exact) mass is 223 g/mol. The Kier molecular flexibility index (Phi) is 3.63. The molecule has 1 unspecified atom stereocenters. The van der Waals surface area contributed by atoms with Crippen molar-refractivity contribution in [3.05, 3.63) is 0 Å². The molecule has 0 heterocycles. The van der Waals surface area contributed by atoms with Crippen LogP contribution in [0.15, 0.2) is 0 Å². The average molecular weight is 223 g/mol. The lowest BCUT2D eigenvalue weighted by Gasteiger charge is -2.37. The third-order valence-electron chi connectivity index (χ3n) is 4.83. The average Bonchev–Trinajstić information content (AvgIpc) is 2.62. The molecule has 2 fully saturated rings. The molecule has 0 radical (unpaired) electrons. The standard InChI is InChI=1S/C15H29N/c1-14(2)8-6-7-13(11-14)16-12-15(3)9-4-5-10-15/h13,16H,4-12H2,1-3H3. The summed E-state index contributed by atoms with van der Waals surface area (Å²) in [6.45, 7) is 8.59. The van der Waals surface area contributed by atoms with E-state index in [2.05, 4.69) is 26.1 Å². The Balaban J connectivity index is 1.77. The molecule has 0 aromatic carbocycles. The first-order valence-electron chi connectivity index (χ1n) is 7.23. The van der Waals surface area contributed by atoms with Gasteiger partial charge in [0.15, 0.2) is 0 Å². The van der Waals surface area contributed by atoms with E-state index in [4.69, 9.17) is 0 Å². The Morgan fingerprint density at radius 2 is 1.69 bits per heavy atom. The van der Waals surface area contributed by atoms with E-state index in [9.17, 15) is 0 Å². The van der Waals surface area contributed by atoms with Gasteiger partial charge in [-0.2, -0.15) is 0 Å². The van der Waals surface area contributed by atoms with Gasteiger partial charge in [0.2, 0.25) is 0 Å². The van der Waals surface area contributed by atoms with Crippen LogP contribution in [0.1, 0.15) is 72.1 Å². The SMILES string of the molecule is CC1(C)CCCC(NCC2(C)CCCC2)C1. The van der Waals surface area contributed by atoms with Gasteiger partial charge in [0.25, 0.3) is 0 Å². The number of hydrogen-bond donors (Lipinski definition) is 1. The maximum Gasteiger partial charge on any atom is 0.00723 e. The molecular formula is C15H29N. The van der Waals surface area contributed by atoms with E-state index in [0.29, 0.717) is 10.8 Å². The highest BCUT2D eigenvalue weighted by atomic mass is 14.9. The highest BCUT2D eigenvalue weighted by Crippen LogP contribution is 2.38. The van der Waals surface area contributed by atoms with Crippen molar-refractivity contribution in [1.82, 2.24) is 5.32 Å². The summed E-state index contributed by atoms with van der Waals surface area (Å²) >= 11 is 0. The van der Waals surface area contributed by atoms with Gasteiger partial charge in [0.1, 0.15) is 0 Å². The van der Waals surface area contributed by atoms with Crippen LogP contribution >= 0.6 is 0 Å². The van der Waals surface area contributed by atoms with Crippen molar-refractivity contribution >= 4 is 0 Å². The third kappa shape index (κ3) is 3.23. The van der Waals surface area contributed by atoms with Gasteiger partial charge in [0, 0.05) is 12.6 Å². The molecular weight excluding hydrogens is 194 g/mol. The molecule has 1 N–H and O–H groups in total. The minimum Gasteiger partial charge on any atom is -0.313 e. The largest absolute Gasteiger partial charge is 0.313 e. The van der Waals surface area contributed by atoms with E-state index in [0.717, 1.165) is 6.04 Å². The van der Waals surface area contributed by atoms with Gasteiger partial charge >= 0.3 is 0 Å². The second kappa shape index (κ2) is 4.68. The second-order valence-electron chi connectivity index (χ2n) is 7.36. The zero-order valence-electron chi connectivity index (χ0n) is 11.4. The summed E-state index contributed by atoms with van der Waals surface area (Å²) in [5.74, 6) is 0. The molecule has 0 aromatic rings. The van der Waals surface area contributed by atoms with Crippen LogP contribution < -0.4 is 5.32 Å². The van der Waals surface area contributed by atoms with Crippen LogP contribution in [0.4, 0.5) is 0 Å². The van der Waals surface area contributed by atoms with Crippen LogP contribution in [0.2, 0.25) is 0 Å². The number of hydrogen-bond acceptors (Lipinski definition) is 1. The second-order valence-corrected chi connectivity index (χ2v) is 7.36. The quantitative estimate of drug-likeness (QED) is 0.758. The molecule has 2 saturated carbocycles. The summed E-state index contributed by atoms with van der Waals surface area (Å²) in [7, 11) is 0. The summed E-state index contributed by atoms with van der Waals surface area (Å²) in [4.78, 5) is 0. The van der Waals surface area contributed by atoms with Crippen LogP contribution in [0.3, 0.4) is 0 Å². The molecule has 1 heteroatoms. The van der Waals surface area contributed by atoms with Gasteiger partial charge in [-0.1, -0.05) is 40.0 Å². The third-order valence-corrected chi connectivity index (χ3v) is 4.83. The summed E-state index contributed by atoms with van der Waals surface area (Å²) in [6, 6.07) is 0.793. The predicted octanol–water partition coefficient (Wildman–Crippen LogP) is 4.13. The lowest BCUT2D eigenvalue weighted by molar-refractivity contribution is 0.182. The molecule has 0 amide bonds. The predicted molar refractivity (Wildman–Crippen MR) is 70.6 cm³/mol. The lowest BCUT2D eigenvalue weighted by atomic mass is 9.75. The van der Waals surface area contributed by atoms with Crippen LogP contribution in [0, 0.1) is 10.8 Å². The van der Waals surface area contributed by atoms with Crippen molar-refractivity contribution < 1.29 is 0 Å². The Morgan fingerprint density at radius 1 is 1.00 bits per heavy atom. The molecule has 0 spiro atoms. The molecule has 0 aromatic heterocycles. The lowest BCUT2D eigenvalue weighted by Crippen LogP contribution is -2.41. The molecule has 0 saturated heterocycles. The fourth-order valence-electron chi connectivity index (χ4n) is 3.67. The highest BCUT2D eigenvalue weighted by molar-refractivity contribution is 4.87. The van der Waals surface area contributed by atoms with Crippen LogP contribution in [-0.2, 0) is 0 Å². The maximum absolute atomic E-state index is 3.86. The van der Waals surface area contributed by atoms with Crippen LogP contribution in [0.25, 0.3) is 0 Å². The van der Waals surface area contributed by atoms with Crippen molar-refractivity contribution in [3.63, 3.8) is 0 Å². The highest BCUT2D eigenvalue weighted by Gasteiger charge is 2.32. The Morgan fingerprint density at radius 3 is 2.31 bits per heavy atom. The van der Waals surface area contributed by atoms with Crippen molar-refractivity contribution in [2.24, 2.45) is 10.8 Å². The summed E-state index contributed by atoms with van der Waals surface area (Å²) < 4.78 is 0. The van der Waals surface area contributed by atoms with E-state index in [1.807, 2.05) is 0 Å². The zero-order valence-corrected chi connectivity index (χ0v) is 11.4. The first kappa shape index (κ1) is 12.4. The summed E-state index contributed by atoms with van der Waals surface area (Å²) in [5.41, 5.74) is 1.19. The minimum absolute atomic E-state index is 0.576. The molecule has 2 aliphatic rings. The van der Waals surface area contributed by atoms with E-state index >= 15 is 0 Å². The fraction of sp³-hybridized carbons (Fsp3) is 1.00. The van der Waals surface area contributed by atoms with Gasteiger partial charge < -0.3 is 5.32 Å². The normalized spacial score (nSPS) is 32.8. The Bertz CT molecular complexity index is 226. The van der Waals surface area contributed by atoms with Crippen LogP contribution in [-0.4, -0.2) is 12.6 Å². The van der Waals surface area contributed by atoms with Crippen molar-refractivity contribution in [2.45, 2.75) is 78.2 Å². The smallest absolute Gasteiger partial charge is 0.00723 e. The Labute approximate surface area is 101 Å². The van der Waals surface area contributed by atoms with E-state index in [1.54, 1.807) is 0 Å². The van der Waals surface area contributed by atoms with Gasteiger partial charge in [-0.15, -0.1) is 0 Å². The summed E-state index contributed by atoms with van der Waals surface area (Å²) in [6.07, 6.45) is 11.4. The maximum atomic E-state index is 3.86. The molecule has 16 heavy (non-hydrogen) atoms. The van der Waals surface area contributed by atoms with Gasteiger partial charge in [-0.05, 0) is 42.9 Å². The first-order valence-corrected chi connectivity index (χ1v) is 7.23. The number of nitrogens with one attached hydrogen (secondary N) is 1. The Hall–Kier alpha value is -0.0400. The van der Waals surface area contributed by atoms with E-state index < -0.39 is 0 Å². The molecule has 94 valence electrons. The first-order chi connectivity index (χ1) is 7.49. The number of rotatable bonds is 3. The van der Waals surface area contributed by atoms with Gasteiger partial charge in [0.05, 0.1) is 0 Å². The topological polar surface area (TPSA) is 12.0 Å². The molecule has 0 aliphatic heterocycles. The van der Waals surface area contributed by atoms with Gasteiger partial charge in [-0.3, -0.25) is 0 Å². The van der Waals surface area contributed by atoms with Crippen molar-refractivity contribution in [1.29, 1.82) is 0 Å². The molecule has 0 bridgehead atoms. The zero-order chi connectivity index (χ0) is 11.6. The van der Waals surface area contributed by atoms with Gasteiger partial charge in [-0.25, -0.2) is 0 Å².